The van der Waals surface area contributed by atoms with Crippen molar-refractivity contribution in [3.05, 3.63) is 53.2 Å². The summed E-state index contributed by atoms with van der Waals surface area (Å²) in [5.41, 5.74) is 11.6. The van der Waals surface area contributed by atoms with E-state index >= 15 is 0 Å². The van der Waals surface area contributed by atoms with Gasteiger partial charge in [-0.05, 0) is 43.0 Å². The number of hydrogen-bond donors (Lipinski definition) is 1. The highest BCUT2D eigenvalue weighted by Gasteiger charge is 2.11. The van der Waals surface area contributed by atoms with Crippen LogP contribution in [0.4, 0.5) is 5.95 Å². The minimum atomic E-state index is 0.537. The molecule has 3 rings (SSSR count). The van der Waals surface area contributed by atoms with Crippen molar-refractivity contribution in [3.8, 4) is 0 Å². The third-order valence-electron chi connectivity index (χ3n) is 3.73. The van der Waals surface area contributed by atoms with Gasteiger partial charge in [0.05, 0.1) is 0 Å². The quantitative estimate of drug-likeness (QED) is 0.793. The van der Waals surface area contributed by atoms with Crippen molar-refractivity contribution < 1.29 is 0 Å². The molecule has 0 bridgehead atoms. The van der Waals surface area contributed by atoms with Gasteiger partial charge in [0, 0.05) is 12.7 Å². The minimum Gasteiger partial charge on any atom is -0.369 e. The molecule has 0 atom stereocenters. The summed E-state index contributed by atoms with van der Waals surface area (Å²) < 4.78 is 1.99. The maximum Gasteiger partial charge on any atom is 0.202 e. The van der Waals surface area contributed by atoms with Crippen LogP contribution in [-0.4, -0.2) is 14.5 Å². The van der Waals surface area contributed by atoms with Gasteiger partial charge >= 0.3 is 0 Å². The fourth-order valence-electron chi connectivity index (χ4n) is 2.50. The summed E-state index contributed by atoms with van der Waals surface area (Å²) >= 11 is 0. The van der Waals surface area contributed by atoms with E-state index in [1.54, 1.807) is 0 Å². The number of aryl methyl sites for hydroxylation is 4. The summed E-state index contributed by atoms with van der Waals surface area (Å²) in [6.07, 6.45) is 2.74. The molecule has 0 aliphatic heterocycles. The molecule has 20 heavy (non-hydrogen) atoms. The van der Waals surface area contributed by atoms with Crippen LogP contribution in [0.3, 0.4) is 0 Å². The number of fused-ring (bicyclic) bond motifs is 1. The smallest absolute Gasteiger partial charge is 0.202 e. The lowest BCUT2D eigenvalue weighted by Gasteiger charge is -2.08. The first-order valence-corrected chi connectivity index (χ1v) is 6.78. The van der Waals surface area contributed by atoms with Crippen LogP contribution in [-0.2, 0) is 13.0 Å². The zero-order valence-corrected chi connectivity index (χ0v) is 11.8. The number of nitrogens with zero attached hydrogens (tertiary/aromatic N) is 3. The zero-order chi connectivity index (χ0) is 14.1. The molecule has 0 aliphatic rings. The largest absolute Gasteiger partial charge is 0.369 e. The minimum absolute atomic E-state index is 0.537. The number of nitrogen functional groups attached to an aromatic ring is 1. The molecule has 3 aromatic rings. The lowest BCUT2D eigenvalue weighted by atomic mass is 10.1. The van der Waals surface area contributed by atoms with Gasteiger partial charge in [-0.1, -0.05) is 24.3 Å². The number of nitrogens with two attached hydrogens (primary N) is 1. The third-order valence-corrected chi connectivity index (χ3v) is 3.73. The zero-order valence-electron chi connectivity index (χ0n) is 11.8. The number of hydrogen-bond acceptors (Lipinski definition) is 3. The Balaban J connectivity index is 1.94. The molecule has 0 radical (unpaired) electrons. The van der Waals surface area contributed by atoms with Crippen molar-refractivity contribution >= 4 is 17.1 Å². The number of anilines is 1. The molecule has 2 N–H and O–H groups in total. The predicted octanol–water partition coefficient (Wildman–Crippen LogP) is 2.87. The average Bonchev–Trinajstić information content (AvgIpc) is 2.76. The van der Waals surface area contributed by atoms with Crippen molar-refractivity contribution in [3.63, 3.8) is 0 Å². The number of aromatic nitrogens is 3. The van der Waals surface area contributed by atoms with Crippen molar-refractivity contribution in [2.45, 2.75) is 26.8 Å². The second-order valence-electron chi connectivity index (χ2n) is 5.10. The van der Waals surface area contributed by atoms with Gasteiger partial charge in [0.1, 0.15) is 5.52 Å². The highest BCUT2D eigenvalue weighted by molar-refractivity contribution is 5.77. The Bertz CT molecular complexity index is 758. The summed E-state index contributed by atoms with van der Waals surface area (Å²) in [6, 6.07) is 10.4. The highest BCUT2D eigenvalue weighted by atomic mass is 15.2. The van der Waals surface area contributed by atoms with Crippen molar-refractivity contribution in [2.75, 3.05) is 5.73 Å². The molecule has 2 heterocycles. The highest BCUT2D eigenvalue weighted by Crippen LogP contribution is 2.19. The summed E-state index contributed by atoms with van der Waals surface area (Å²) in [5, 5.41) is 0. The molecule has 0 fully saturated rings. The van der Waals surface area contributed by atoms with Gasteiger partial charge in [-0.25, -0.2) is 9.97 Å². The van der Waals surface area contributed by atoms with Crippen LogP contribution >= 0.6 is 0 Å². The van der Waals surface area contributed by atoms with E-state index in [9.17, 15) is 0 Å². The summed E-state index contributed by atoms with van der Waals surface area (Å²) in [4.78, 5) is 8.84. The lowest BCUT2D eigenvalue weighted by molar-refractivity contribution is 0.717. The topological polar surface area (TPSA) is 56.7 Å². The van der Waals surface area contributed by atoms with Crippen LogP contribution in [0.1, 0.15) is 16.7 Å². The van der Waals surface area contributed by atoms with Crippen LogP contribution in [0.2, 0.25) is 0 Å². The molecule has 0 saturated heterocycles. The van der Waals surface area contributed by atoms with Crippen LogP contribution in [0, 0.1) is 13.8 Å². The Morgan fingerprint density at radius 2 is 1.90 bits per heavy atom. The Morgan fingerprint density at radius 3 is 2.70 bits per heavy atom. The van der Waals surface area contributed by atoms with E-state index in [2.05, 4.69) is 41.2 Å². The van der Waals surface area contributed by atoms with E-state index in [0.29, 0.717) is 5.95 Å². The molecule has 4 heteroatoms. The van der Waals surface area contributed by atoms with Gasteiger partial charge in [0.15, 0.2) is 5.65 Å². The fraction of sp³-hybridized carbons (Fsp3) is 0.250. The molecule has 0 unspecified atom stereocenters. The summed E-state index contributed by atoms with van der Waals surface area (Å²) in [6.45, 7) is 4.96. The van der Waals surface area contributed by atoms with Gasteiger partial charge in [-0.15, -0.1) is 0 Å². The Labute approximate surface area is 118 Å². The molecule has 2 aromatic heterocycles. The van der Waals surface area contributed by atoms with Gasteiger partial charge in [0.2, 0.25) is 5.95 Å². The van der Waals surface area contributed by atoms with E-state index in [-0.39, 0.29) is 0 Å². The van der Waals surface area contributed by atoms with E-state index < -0.39 is 0 Å². The van der Waals surface area contributed by atoms with Gasteiger partial charge < -0.3 is 5.73 Å². The molecule has 0 aliphatic carbocycles. The first kappa shape index (κ1) is 12.7. The summed E-state index contributed by atoms with van der Waals surface area (Å²) in [7, 11) is 0. The molecule has 0 spiro atoms. The van der Waals surface area contributed by atoms with Crippen molar-refractivity contribution in [1.82, 2.24) is 14.5 Å². The van der Waals surface area contributed by atoms with E-state index in [1.807, 2.05) is 23.8 Å². The molecule has 1 aromatic carbocycles. The van der Waals surface area contributed by atoms with Crippen LogP contribution in [0.5, 0.6) is 0 Å². The van der Waals surface area contributed by atoms with E-state index in [1.165, 1.54) is 11.1 Å². The van der Waals surface area contributed by atoms with Crippen LogP contribution in [0.15, 0.2) is 36.5 Å². The fourth-order valence-corrected chi connectivity index (χ4v) is 2.50. The monoisotopic (exact) mass is 266 g/mol. The second-order valence-corrected chi connectivity index (χ2v) is 5.10. The first-order chi connectivity index (χ1) is 9.66. The summed E-state index contributed by atoms with van der Waals surface area (Å²) in [5.74, 6) is 0.537. The molecular formula is C16H18N4. The maximum absolute atomic E-state index is 6.04. The van der Waals surface area contributed by atoms with Crippen molar-refractivity contribution in [2.24, 2.45) is 0 Å². The predicted molar refractivity (Wildman–Crippen MR) is 81.6 cm³/mol. The Morgan fingerprint density at radius 1 is 1.10 bits per heavy atom. The van der Waals surface area contributed by atoms with Crippen molar-refractivity contribution in [1.29, 1.82) is 0 Å². The number of imidazole rings is 1. The maximum atomic E-state index is 6.04. The molecule has 102 valence electrons. The molecule has 4 nitrogen and oxygen atoms in total. The number of benzene rings is 1. The third kappa shape index (κ3) is 2.13. The average molecular weight is 266 g/mol. The molecule has 0 amide bonds. The van der Waals surface area contributed by atoms with E-state index in [4.69, 9.17) is 5.73 Å². The SMILES string of the molecule is Cc1ccccc1CCn1c(N)nc2c(C)ccnc21. The molecule has 0 saturated carbocycles. The van der Waals surface area contributed by atoms with Crippen LogP contribution < -0.4 is 5.73 Å². The Kier molecular flexibility index (Phi) is 3.14. The van der Waals surface area contributed by atoms with Crippen LogP contribution in [0.25, 0.3) is 11.2 Å². The normalized spacial score (nSPS) is 11.1. The number of pyridine rings is 1. The van der Waals surface area contributed by atoms with Gasteiger partial charge in [-0.3, -0.25) is 4.57 Å². The van der Waals surface area contributed by atoms with Gasteiger partial charge in [-0.2, -0.15) is 0 Å². The standard InChI is InChI=1S/C16H18N4/c1-11-5-3-4-6-13(11)8-10-20-15-14(19-16(20)17)12(2)7-9-18-15/h3-7,9H,8,10H2,1-2H3,(H2,17,19). The molecular weight excluding hydrogens is 248 g/mol. The lowest BCUT2D eigenvalue weighted by Crippen LogP contribution is -2.07. The number of rotatable bonds is 3. The van der Waals surface area contributed by atoms with E-state index in [0.717, 1.165) is 29.7 Å². The second kappa shape index (κ2) is 4.96. The van der Waals surface area contributed by atoms with Gasteiger partial charge in [0.25, 0.3) is 0 Å². The Hall–Kier alpha value is -2.36. The first-order valence-electron chi connectivity index (χ1n) is 6.78.